The summed E-state index contributed by atoms with van der Waals surface area (Å²) in [5, 5.41) is 4.90. The van der Waals surface area contributed by atoms with Gasteiger partial charge in [0.05, 0.1) is 0 Å². The Morgan fingerprint density at radius 1 is 1.20 bits per heavy atom. The standard InChI is InChI=1S/C13H19NS/c1-11(12-5-3-2-4-6-12)15-13-7-9-14-10-8-13/h2-6,11,13-14H,7-10H2,1H3. The van der Waals surface area contributed by atoms with E-state index in [-0.39, 0.29) is 0 Å². The van der Waals surface area contributed by atoms with Gasteiger partial charge in [0.1, 0.15) is 0 Å². The molecule has 1 heterocycles. The number of benzene rings is 1. The van der Waals surface area contributed by atoms with Crippen LogP contribution in [-0.2, 0) is 0 Å². The van der Waals surface area contributed by atoms with E-state index in [1.165, 1.54) is 31.5 Å². The monoisotopic (exact) mass is 221 g/mol. The van der Waals surface area contributed by atoms with Crippen molar-refractivity contribution in [3.8, 4) is 0 Å². The summed E-state index contributed by atoms with van der Waals surface area (Å²) < 4.78 is 0. The second-order valence-corrected chi connectivity index (χ2v) is 5.78. The van der Waals surface area contributed by atoms with Gasteiger partial charge in [0.25, 0.3) is 0 Å². The molecule has 15 heavy (non-hydrogen) atoms. The molecule has 0 amide bonds. The Hall–Kier alpha value is -0.470. The number of piperidine rings is 1. The van der Waals surface area contributed by atoms with Gasteiger partial charge in [-0.05, 0) is 38.4 Å². The van der Waals surface area contributed by atoms with Crippen molar-refractivity contribution in [2.75, 3.05) is 13.1 Å². The molecule has 1 N–H and O–H groups in total. The maximum Gasteiger partial charge on any atom is 0.0271 e. The summed E-state index contributed by atoms with van der Waals surface area (Å²) in [5.41, 5.74) is 1.46. The number of hydrogen-bond donors (Lipinski definition) is 1. The van der Waals surface area contributed by atoms with Crippen LogP contribution in [-0.4, -0.2) is 18.3 Å². The molecule has 1 nitrogen and oxygen atoms in total. The minimum Gasteiger partial charge on any atom is -0.317 e. The molecule has 2 heteroatoms. The highest BCUT2D eigenvalue weighted by Crippen LogP contribution is 2.34. The zero-order valence-corrected chi connectivity index (χ0v) is 10.1. The Morgan fingerprint density at radius 3 is 2.53 bits per heavy atom. The molecule has 1 aliphatic heterocycles. The van der Waals surface area contributed by atoms with E-state index in [9.17, 15) is 0 Å². The zero-order valence-electron chi connectivity index (χ0n) is 9.28. The molecular weight excluding hydrogens is 202 g/mol. The van der Waals surface area contributed by atoms with E-state index in [0.717, 1.165) is 5.25 Å². The molecule has 0 bridgehead atoms. The fraction of sp³-hybridized carbons (Fsp3) is 0.538. The first-order valence-electron chi connectivity index (χ1n) is 5.77. The Labute approximate surface area is 96.7 Å². The highest BCUT2D eigenvalue weighted by molar-refractivity contribution is 8.00. The van der Waals surface area contributed by atoms with Crippen molar-refractivity contribution < 1.29 is 0 Å². The fourth-order valence-electron chi connectivity index (χ4n) is 2.02. The van der Waals surface area contributed by atoms with Gasteiger partial charge in [-0.15, -0.1) is 0 Å². The molecule has 0 saturated carbocycles. The third-order valence-corrected chi connectivity index (χ3v) is 4.49. The minimum atomic E-state index is 0.634. The van der Waals surface area contributed by atoms with Crippen molar-refractivity contribution in [1.29, 1.82) is 0 Å². The van der Waals surface area contributed by atoms with Gasteiger partial charge in [0.15, 0.2) is 0 Å². The number of hydrogen-bond acceptors (Lipinski definition) is 2. The molecule has 1 aromatic rings. The van der Waals surface area contributed by atoms with Crippen LogP contribution >= 0.6 is 11.8 Å². The van der Waals surface area contributed by atoms with Crippen molar-refractivity contribution in [3.63, 3.8) is 0 Å². The molecule has 2 rings (SSSR count). The SMILES string of the molecule is CC(SC1CCNCC1)c1ccccc1. The van der Waals surface area contributed by atoms with Gasteiger partial charge in [-0.1, -0.05) is 30.3 Å². The average molecular weight is 221 g/mol. The highest BCUT2D eigenvalue weighted by Gasteiger charge is 2.17. The summed E-state index contributed by atoms with van der Waals surface area (Å²) in [6.45, 7) is 4.71. The van der Waals surface area contributed by atoms with Crippen molar-refractivity contribution in [2.45, 2.75) is 30.3 Å². The van der Waals surface area contributed by atoms with Crippen molar-refractivity contribution >= 4 is 11.8 Å². The van der Waals surface area contributed by atoms with Crippen LogP contribution in [0.15, 0.2) is 30.3 Å². The van der Waals surface area contributed by atoms with Gasteiger partial charge in [0.2, 0.25) is 0 Å². The molecule has 0 aromatic heterocycles. The first-order valence-corrected chi connectivity index (χ1v) is 6.71. The van der Waals surface area contributed by atoms with Crippen molar-refractivity contribution in [3.05, 3.63) is 35.9 Å². The number of nitrogens with one attached hydrogen (secondary N) is 1. The molecule has 1 aliphatic rings. The summed E-state index contributed by atoms with van der Waals surface area (Å²) in [6, 6.07) is 10.8. The molecule has 1 fully saturated rings. The van der Waals surface area contributed by atoms with Gasteiger partial charge >= 0.3 is 0 Å². The van der Waals surface area contributed by atoms with E-state index >= 15 is 0 Å². The maximum atomic E-state index is 3.41. The molecular formula is C13H19NS. The van der Waals surface area contributed by atoms with E-state index in [2.05, 4.69) is 54.3 Å². The molecule has 0 radical (unpaired) electrons. The van der Waals surface area contributed by atoms with Crippen LogP contribution in [0.3, 0.4) is 0 Å². The lowest BCUT2D eigenvalue weighted by Crippen LogP contribution is -2.29. The summed E-state index contributed by atoms with van der Waals surface area (Å²) in [6.07, 6.45) is 2.64. The lowest BCUT2D eigenvalue weighted by Gasteiger charge is -2.25. The average Bonchev–Trinajstić information content (AvgIpc) is 2.31. The quantitative estimate of drug-likeness (QED) is 0.841. The van der Waals surface area contributed by atoms with Gasteiger partial charge in [-0.2, -0.15) is 11.8 Å². The van der Waals surface area contributed by atoms with Gasteiger partial charge < -0.3 is 5.32 Å². The summed E-state index contributed by atoms with van der Waals surface area (Å²) in [4.78, 5) is 0. The predicted octanol–water partition coefficient (Wildman–Crippen LogP) is 3.23. The normalized spacial score (nSPS) is 20.1. The van der Waals surface area contributed by atoms with E-state index in [4.69, 9.17) is 0 Å². The van der Waals surface area contributed by atoms with Crippen LogP contribution in [0.5, 0.6) is 0 Å². The van der Waals surface area contributed by atoms with Crippen LogP contribution in [0.25, 0.3) is 0 Å². The smallest absolute Gasteiger partial charge is 0.0271 e. The zero-order chi connectivity index (χ0) is 10.5. The largest absolute Gasteiger partial charge is 0.317 e. The number of thioether (sulfide) groups is 1. The molecule has 1 atom stereocenters. The first kappa shape index (κ1) is 11.0. The van der Waals surface area contributed by atoms with Gasteiger partial charge in [0, 0.05) is 10.5 Å². The van der Waals surface area contributed by atoms with Crippen LogP contribution in [0.4, 0.5) is 0 Å². The summed E-state index contributed by atoms with van der Waals surface area (Å²) in [7, 11) is 0. The Morgan fingerprint density at radius 2 is 1.87 bits per heavy atom. The lowest BCUT2D eigenvalue weighted by atomic mass is 10.1. The molecule has 0 aliphatic carbocycles. The third kappa shape index (κ3) is 3.25. The Bertz CT molecular complexity index is 280. The second kappa shape index (κ2) is 5.57. The summed E-state index contributed by atoms with van der Waals surface area (Å²) in [5.74, 6) is 0. The lowest BCUT2D eigenvalue weighted by molar-refractivity contribution is 0.530. The van der Waals surface area contributed by atoms with E-state index in [1.54, 1.807) is 0 Å². The van der Waals surface area contributed by atoms with Crippen LogP contribution in [0, 0.1) is 0 Å². The van der Waals surface area contributed by atoms with Gasteiger partial charge in [-0.3, -0.25) is 0 Å². The molecule has 1 aromatic carbocycles. The van der Waals surface area contributed by atoms with Crippen LogP contribution < -0.4 is 5.32 Å². The Kier molecular flexibility index (Phi) is 4.09. The maximum absolute atomic E-state index is 3.41. The molecule has 1 unspecified atom stereocenters. The highest BCUT2D eigenvalue weighted by atomic mass is 32.2. The van der Waals surface area contributed by atoms with E-state index < -0.39 is 0 Å². The minimum absolute atomic E-state index is 0.634. The van der Waals surface area contributed by atoms with Crippen LogP contribution in [0.1, 0.15) is 30.6 Å². The fourth-order valence-corrected chi connectivity index (χ4v) is 3.42. The van der Waals surface area contributed by atoms with Crippen molar-refractivity contribution in [2.24, 2.45) is 0 Å². The second-order valence-electron chi connectivity index (χ2n) is 4.14. The molecule has 1 saturated heterocycles. The predicted molar refractivity (Wildman–Crippen MR) is 68.3 cm³/mol. The van der Waals surface area contributed by atoms with Crippen molar-refractivity contribution in [1.82, 2.24) is 5.32 Å². The Balaban J connectivity index is 1.88. The third-order valence-electron chi connectivity index (χ3n) is 2.95. The van der Waals surface area contributed by atoms with Crippen LogP contribution in [0.2, 0.25) is 0 Å². The van der Waals surface area contributed by atoms with E-state index in [1.807, 2.05) is 0 Å². The summed E-state index contributed by atoms with van der Waals surface area (Å²) >= 11 is 2.13. The topological polar surface area (TPSA) is 12.0 Å². The molecule has 0 spiro atoms. The number of rotatable bonds is 3. The van der Waals surface area contributed by atoms with Gasteiger partial charge in [-0.25, -0.2) is 0 Å². The first-order chi connectivity index (χ1) is 7.36. The van der Waals surface area contributed by atoms with E-state index in [0.29, 0.717) is 5.25 Å². The molecule has 82 valence electrons.